The second-order valence-corrected chi connectivity index (χ2v) is 5.50. The van der Waals surface area contributed by atoms with Crippen LogP contribution in [0.15, 0.2) is 23.1 Å². The Morgan fingerprint density at radius 1 is 1.19 bits per heavy atom. The van der Waals surface area contributed by atoms with Crippen molar-refractivity contribution >= 4 is 21.4 Å². The van der Waals surface area contributed by atoms with Crippen molar-refractivity contribution in [1.82, 2.24) is 0 Å². The van der Waals surface area contributed by atoms with Gasteiger partial charge in [-0.1, -0.05) is 0 Å². The Morgan fingerprint density at radius 3 is 2.38 bits per heavy atom. The van der Waals surface area contributed by atoms with Crippen LogP contribution in [0.5, 0.6) is 0 Å². The zero-order valence-corrected chi connectivity index (χ0v) is 9.70. The summed E-state index contributed by atoms with van der Waals surface area (Å²) in [6.45, 7) is 1.71. The van der Waals surface area contributed by atoms with E-state index in [1.807, 2.05) is 4.90 Å². The monoisotopic (exact) mass is 241 g/mol. The van der Waals surface area contributed by atoms with Crippen molar-refractivity contribution in [2.24, 2.45) is 5.14 Å². The lowest BCUT2D eigenvalue weighted by Crippen LogP contribution is -2.23. The van der Waals surface area contributed by atoms with Crippen LogP contribution in [0.1, 0.15) is 12.8 Å². The zero-order valence-electron chi connectivity index (χ0n) is 8.89. The number of primary sulfonamides is 1. The second-order valence-electron chi connectivity index (χ2n) is 3.97. The van der Waals surface area contributed by atoms with Gasteiger partial charge in [0, 0.05) is 18.8 Å². The number of nitrogens with zero attached hydrogens (tertiary/aromatic N) is 1. The van der Waals surface area contributed by atoms with E-state index in [9.17, 15) is 8.42 Å². The van der Waals surface area contributed by atoms with Crippen LogP contribution in [0.2, 0.25) is 0 Å². The predicted octanol–water partition coefficient (Wildman–Crippen LogP) is 0.516. The molecule has 1 saturated heterocycles. The molecule has 0 radical (unpaired) electrons. The van der Waals surface area contributed by atoms with E-state index >= 15 is 0 Å². The molecule has 0 saturated carbocycles. The predicted molar refractivity (Wildman–Crippen MR) is 63.7 cm³/mol. The Labute approximate surface area is 95.1 Å². The standard InChI is InChI=1S/C10H15N3O2S/c11-8-3-4-10(16(12,14)15)9(7-8)13-5-1-2-6-13/h3-4,7H,1-2,5-6,11H2,(H2,12,14,15). The van der Waals surface area contributed by atoms with Crippen LogP contribution < -0.4 is 15.8 Å². The van der Waals surface area contributed by atoms with Gasteiger partial charge in [-0.15, -0.1) is 0 Å². The normalized spacial score (nSPS) is 16.7. The summed E-state index contributed by atoms with van der Waals surface area (Å²) in [5.74, 6) is 0. The summed E-state index contributed by atoms with van der Waals surface area (Å²) in [6, 6.07) is 4.70. The molecule has 88 valence electrons. The van der Waals surface area contributed by atoms with Crippen molar-refractivity contribution in [3.8, 4) is 0 Å². The fraction of sp³-hybridized carbons (Fsp3) is 0.400. The number of hydrogen-bond donors (Lipinski definition) is 2. The molecule has 0 aromatic heterocycles. The molecule has 0 bridgehead atoms. The number of nitrogen functional groups attached to an aromatic ring is 1. The van der Waals surface area contributed by atoms with Gasteiger partial charge in [-0.05, 0) is 31.0 Å². The van der Waals surface area contributed by atoms with Crippen LogP contribution in [0.25, 0.3) is 0 Å². The molecule has 1 aromatic rings. The first-order chi connectivity index (χ1) is 7.48. The van der Waals surface area contributed by atoms with Crippen LogP contribution in [-0.4, -0.2) is 21.5 Å². The van der Waals surface area contributed by atoms with Gasteiger partial charge in [0.1, 0.15) is 4.90 Å². The molecular weight excluding hydrogens is 226 g/mol. The van der Waals surface area contributed by atoms with E-state index < -0.39 is 10.0 Å². The van der Waals surface area contributed by atoms with E-state index in [-0.39, 0.29) is 4.90 Å². The number of hydrogen-bond acceptors (Lipinski definition) is 4. The maximum Gasteiger partial charge on any atom is 0.240 e. The lowest BCUT2D eigenvalue weighted by Gasteiger charge is -2.20. The number of benzene rings is 1. The van der Waals surface area contributed by atoms with Crippen molar-refractivity contribution in [3.05, 3.63) is 18.2 Å². The topological polar surface area (TPSA) is 89.4 Å². The molecule has 4 N–H and O–H groups in total. The Hall–Kier alpha value is -1.27. The lowest BCUT2D eigenvalue weighted by atomic mass is 10.2. The minimum Gasteiger partial charge on any atom is -0.399 e. The Bertz CT molecular complexity index is 493. The third-order valence-corrected chi connectivity index (χ3v) is 3.69. The molecule has 1 aliphatic rings. The van der Waals surface area contributed by atoms with Gasteiger partial charge in [-0.2, -0.15) is 0 Å². The van der Waals surface area contributed by atoms with Crippen molar-refractivity contribution in [3.63, 3.8) is 0 Å². The Kier molecular flexibility index (Phi) is 2.77. The number of sulfonamides is 1. The van der Waals surface area contributed by atoms with Gasteiger partial charge >= 0.3 is 0 Å². The first-order valence-corrected chi connectivity index (χ1v) is 6.70. The van der Waals surface area contributed by atoms with Crippen LogP contribution in [0.4, 0.5) is 11.4 Å². The number of rotatable bonds is 2. The fourth-order valence-corrected chi connectivity index (χ4v) is 2.72. The number of nitrogens with two attached hydrogens (primary N) is 2. The summed E-state index contributed by atoms with van der Waals surface area (Å²) < 4.78 is 22.9. The Balaban J connectivity index is 2.52. The fourth-order valence-electron chi connectivity index (χ4n) is 1.98. The van der Waals surface area contributed by atoms with Gasteiger partial charge in [0.2, 0.25) is 10.0 Å². The molecule has 1 aromatic carbocycles. The Morgan fingerprint density at radius 2 is 1.81 bits per heavy atom. The molecule has 0 atom stereocenters. The maximum absolute atomic E-state index is 11.4. The van der Waals surface area contributed by atoms with Gasteiger partial charge in [0.05, 0.1) is 5.69 Å². The highest BCUT2D eigenvalue weighted by Crippen LogP contribution is 2.29. The quantitative estimate of drug-likeness (QED) is 0.738. The molecule has 0 amide bonds. The van der Waals surface area contributed by atoms with Crippen molar-refractivity contribution in [1.29, 1.82) is 0 Å². The summed E-state index contributed by atoms with van der Waals surface area (Å²) in [4.78, 5) is 2.17. The second kappa shape index (κ2) is 3.95. The molecule has 0 unspecified atom stereocenters. The van der Waals surface area contributed by atoms with Crippen LogP contribution in [0, 0.1) is 0 Å². The minimum atomic E-state index is -3.68. The largest absolute Gasteiger partial charge is 0.399 e. The molecule has 6 heteroatoms. The average molecular weight is 241 g/mol. The molecule has 0 aliphatic carbocycles. The molecule has 5 nitrogen and oxygen atoms in total. The van der Waals surface area contributed by atoms with Gasteiger partial charge in [0.15, 0.2) is 0 Å². The van der Waals surface area contributed by atoms with E-state index in [0.29, 0.717) is 11.4 Å². The molecule has 1 fully saturated rings. The van der Waals surface area contributed by atoms with Crippen LogP contribution in [0.3, 0.4) is 0 Å². The summed E-state index contributed by atoms with van der Waals surface area (Å²) in [5.41, 5.74) is 6.85. The highest BCUT2D eigenvalue weighted by molar-refractivity contribution is 7.89. The summed E-state index contributed by atoms with van der Waals surface area (Å²) >= 11 is 0. The van der Waals surface area contributed by atoms with Crippen molar-refractivity contribution < 1.29 is 8.42 Å². The van der Waals surface area contributed by atoms with Gasteiger partial charge in [0.25, 0.3) is 0 Å². The van der Waals surface area contributed by atoms with E-state index in [2.05, 4.69) is 0 Å². The molecular formula is C10H15N3O2S. The molecule has 1 heterocycles. The van der Waals surface area contributed by atoms with E-state index in [4.69, 9.17) is 10.9 Å². The highest BCUT2D eigenvalue weighted by Gasteiger charge is 2.21. The highest BCUT2D eigenvalue weighted by atomic mass is 32.2. The lowest BCUT2D eigenvalue weighted by molar-refractivity contribution is 0.597. The van der Waals surface area contributed by atoms with Crippen molar-refractivity contribution in [2.75, 3.05) is 23.7 Å². The number of anilines is 2. The van der Waals surface area contributed by atoms with E-state index in [1.54, 1.807) is 12.1 Å². The summed E-state index contributed by atoms with van der Waals surface area (Å²) in [7, 11) is -3.68. The molecule has 16 heavy (non-hydrogen) atoms. The van der Waals surface area contributed by atoms with Crippen LogP contribution >= 0.6 is 0 Å². The smallest absolute Gasteiger partial charge is 0.240 e. The third-order valence-electron chi connectivity index (χ3n) is 2.74. The van der Waals surface area contributed by atoms with Gasteiger partial charge in [-0.25, -0.2) is 13.6 Å². The van der Waals surface area contributed by atoms with Crippen molar-refractivity contribution in [2.45, 2.75) is 17.7 Å². The summed E-state index contributed by atoms with van der Waals surface area (Å²) in [6.07, 6.45) is 2.14. The van der Waals surface area contributed by atoms with E-state index in [0.717, 1.165) is 25.9 Å². The first kappa shape index (κ1) is 11.2. The van der Waals surface area contributed by atoms with E-state index in [1.165, 1.54) is 6.07 Å². The minimum absolute atomic E-state index is 0.156. The molecule has 1 aliphatic heterocycles. The maximum atomic E-state index is 11.4. The molecule has 2 rings (SSSR count). The van der Waals surface area contributed by atoms with Gasteiger partial charge in [-0.3, -0.25) is 0 Å². The van der Waals surface area contributed by atoms with Crippen LogP contribution in [-0.2, 0) is 10.0 Å². The average Bonchev–Trinajstić information content (AvgIpc) is 2.68. The zero-order chi connectivity index (χ0) is 11.8. The first-order valence-electron chi connectivity index (χ1n) is 5.16. The summed E-state index contributed by atoms with van der Waals surface area (Å²) in [5, 5.41) is 5.18. The SMILES string of the molecule is Nc1ccc(S(N)(=O)=O)c(N2CCCC2)c1. The third kappa shape index (κ3) is 2.12. The molecule has 0 spiro atoms. The van der Waals surface area contributed by atoms with Gasteiger partial charge < -0.3 is 10.6 Å².